The van der Waals surface area contributed by atoms with Crippen LogP contribution in [0.15, 0.2) is 41.4 Å². The topological polar surface area (TPSA) is 156 Å². The Morgan fingerprint density at radius 1 is 1.12 bits per heavy atom. The van der Waals surface area contributed by atoms with Crippen molar-refractivity contribution in [3.05, 3.63) is 58.5 Å². The van der Waals surface area contributed by atoms with Gasteiger partial charge in [0.25, 0.3) is 0 Å². The first-order valence-electron chi connectivity index (χ1n) is 13.1. The highest BCUT2D eigenvalue weighted by Crippen LogP contribution is 2.59. The number of halogens is 1. The van der Waals surface area contributed by atoms with Gasteiger partial charge in [0.15, 0.2) is 0 Å². The summed E-state index contributed by atoms with van der Waals surface area (Å²) in [6, 6.07) is 4.59. The minimum atomic E-state index is -0.733. The number of nitrogens with zero attached hydrogens (tertiary/aromatic N) is 7. The molecule has 0 spiro atoms. The molecule has 2 aliphatic rings. The Bertz CT molecular complexity index is 1720. The number of pyridine rings is 2. The van der Waals surface area contributed by atoms with Crippen molar-refractivity contribution in [2.45, 2.75) is 52.2 Å². The first-order chi connectivity index (χ1) is 19.6. The van der Waals surface area contributed by atoms with E-state index in [1.165, 1.54) is 10.9 Å². The first-order valence-corrected chi connectivity index (χ1v) is 13.9. The van der Waals surface area contributed by atoms with Crippen LogP contribution >= 0.6 is 15.9 Å². The lowest BCUT2D eigenvalue weighted by atomic mass is 10.0. The predicted molar refractivity (Wildman–Crippen MR) is 152 cm³/mol. The summed E-state index contributed by atoms with van der Waals surface area (Å²) in [6.45, 7) is 4.77. The number of aryl methyl sites for hydroxylation is 2. The molecule has 41 heavy (non-hydrogen) atoms. The summed E-state index contributed by atoms with van der Waals surface area (Å²) >= 11 is 3.34. The summed E-state index contributed by atoms with van der Waals surface area (Å²) in [6.07, 6.45) is 6.16. The third kappa shape index (κ3) is 4.88. The number of ketones is 1. The van der Waals surface area contributed by atoms with E-state index < -0.39 is 18.4 Å². The smallest absolute Gasteiger partial charge is 0.248 e. The Hall–Kier alpha value is -4.10. The Morgan fingerprint density at radius 2 is 1.88 bits per heavy atom. The molecule has 3 atom stereocenters. The van der Waals surface area contributed by atoms with Crippen LogP contribution in [0.1, 0.15) is 41.6 Å². The molecule has 1 aliphatic carbocycles. The van der Waals surface area contributed by atoms with E-state index in [1.54, 1.807) is 36.4 Å². The first kappa shape index (κ1) is 27.1. The van der Waals surface area contributed by atoms with E-state index in [0.29, 0.717) is 44.8 Å². The highest BCUT2D eigenvalue weighted by atomic mass is 79.9. The number of hydrogen-bond donors (Lipinski definition) is 2. The Balaban J connectivity index is 1.30. The van der Waals surface area contributed by atoms with Gasteiger partial charge in [0, 0.05) is 29.4 Å². The molecule has 1 saturated heterocycles. The van der Waals surface area contributed by atoms with Crippen LogP contribution in [0, 0.1) is 19.3 Å². The number of carbonyl (C=O) groups excluding carboxylic acids is 3. The van der Waals surface area contributed by atoms with E-state index in [1.807, 2.05) is 13.0 Å². The quantitative estimate of drug-likeness (QED) is 0.235. The maximum atomic E-state index is 13.8. The van der Waals surface area contributed by atoms with Crippen molar-refractivity contribution in [3.63, 3.8) is 0 Å². The van der Waals surface area contributed by atoms with Crippen molar-refractivity contribution in [3.8, 4) is 11.3 Å². The van der Waals surface area contributed by atoms with Crippen molar-refractivity contribution >= 4 is 50.2 Å². The fourth-order valence-corrected chi connectivity index (χ4v) is 5.87. The zero-order valence-electron chi connectivity index (χ0n) is 22.6. The lowest BCUT2D eigenvalue weighted by molar-refractivity contribution is -0.138. The van der Waals surface area contributed by atoms with Gasteiger partial charge in [-0.2, -0.15) is 5.10 Å². The number of aliphatic hydroxyl groups is 1. The van der Waals surface area contributed by atoms with Gasteiger partial charge in [-0.25, -0.2) is 15.0 Å². The van der Waals surface area contributed by atoms with Gasteiger partial charge in [0.1, 0.15) is 41.1 Å². The van der Waals surface area contributed by atoms with Crippen molar-refractivity contribution in [2.24, 2.45) is 5.41 Å². The summed E-state index contributed by atoms with van der Waals surface area (Å²) in [5.74, 6) is -0.120. The second kappa shape index (κ2) is 10.1. The summed E-state index contributed by atoms with van der Waals surface area (Å²) in [7, 11) is 0. The average Bonchev–Trinajstić information content (AvgIpc) is 3.32. The predicted octanol–water partition coefficient (Wildman–Crippen LogP) is 2.86. The fraction of sp³-hybridized carbons (Fsp3) is 0.357. The number of nitrogens with one attached hydrogen (secondary N) is 1. The summed E-state index contributed by atoms with van der Waals surface area (Å²) in [4.78, 5) is 58.7. The molecule has 0 bridgehead atoms. The van der Waals surface area contributed by atoms with E-state index in [4.69, 9.17) is 0 Å². The number of hydrogen-bond acceptors (Lipinski definition) is 9. The number of aliphatic hydroxyl groups excluding tert-OH is 1. The third-order valence-electron chi connectivity index (χ3n) is 7.94. The van der Waals surface area contributed by atoms with Crippen molar-refractivity contribution in [1.82, 2.24) is 34.6 Å². The van der Waals surface area contributed by atoms with Crippen molar-refractivity contribution < 1.29 is 19.5 Å². The number of fused-ring (bicyclic) bond motifs is 2. The van der Waals surface area contributed by atoms with E-state index in [-0.39, 0.29) is 35.5 Å². The van der Waals surface area contributed by atoms with Crippen LogP contribution in [0.2, 0.25) is 0 Å². The number of amides is 2. The van der Waals surface area contributed by atoms with Crippen LogP contribution in [-0.4, -0.2) is 76.0 Å². The molecule has 2 amide bonds. The highest BCUT2D eigenvalue weighted by Gasteiger charge is 2.64. The monoisotopic (exact) mass is 618 g/mol. The average molecular weight is 619 g/mol. The Morgan fingerprint density at radius 3 is 2.61 bits per heavy atom. The number of Topliss-reactive ketones (excluding diaryl/α,β-unsaturated/α-hetero) is 1. The highest BCUT2D eigenvalue weighted by molar-refractivity contribution is 9.10. The van der Waals surface area contributed by atoms with Gasteiger partial charge in [0.05, 0.1) is 17.4 Å². The normalized spacial score (nSPS) is 21.1. The van der Waals surface area contributed by atoms with Crippen LogP contribution in [0.3, 0.4) is 0 Å². The van der Waals surface area contributed by atoms with E-state index in [9.17, 15) is 19.5 Å². The van der Waals surface area contributed by atoms with Crippen LogP contribution < -0.4 is 5.32 Å². The zero-order valence-corrected chi connectivity index (χ0v) is 24.2. The standard InChI is InChI=1S/C28H27BrN8O4/c1-14-4-5-23(29)33-26(14)34-27(41)19-7-28(3)8-22(28)37(19)24(40)12-36-20-11-32-18(16-9-30-15(2)31-10-16)6-17(20)25(35-36)21(39)13-38/h4-6,9-11,19,22,38H,7-8,12-13H2,1-3H3,(H,33,34,41)/t19-,22+,28-/m0/s1. The molecule has 210 valence electrons. The van der Waals surface area contributed by atoms with Gasteiger partial charge >= 0.3 is 0 Å². The molecule has 4 aromatic heterocycles. The van der Waals surface area contributed by atoms with Gasteiger partial charge < -0.3 is 15.3 Å². The van der Waals surface area contributed by atoms with Crippen LogP contribution in [0.5, 0.6) is 0 Å². The lowest BCUT2D eigenvalue weighted by Gasteiger charge is -2.27. The number of anilines is 1. The van der Waals surface area contributed by atoms with Crippen molar-refractivity contribution in [1.29, 1.82) is 0 Å². The van der Waals surface area contributed by atoms with Crippen LogP contribution in [0.4, 0.5) is 5.82 Å². The Kier molecular flexibility index (Phi) is 6.65. The molecule has 2 fully saturated rings. The molecule has 2 N–H and O–H groups in total. The SMILES string of the molecule is Cc1ncc(-c2cc3c(C(=O)CO)nn(CC(=O)N4[C@H](C(=O)Nc5nc(Br)ccc5C)C[C@@]5(C)C[C@@H]45)c3cn2)cn1. The largest absolute Gasteiger partial charge is 0.388 e. The van der Waals surface area contributed by atoms with Gasteiger partial charge in [0.2, 0.25) is 17.6 Å². The van der Waals surface area contributed by atoms with Gasteiger partial charge in [-0.1, -0.05) is 13.0 Å². The number of likely N-dealkylation sites (tertiary alicyclic amines) is 1. The van der Waals surface area contributed by atoms with E-state index in [2.05, 4.69) is 53.2 Å². The van der Waals surface area contributed by atoms with Crippen LogP contribution in [-0.2, 0) is 16.1 Å². The van der Waals surface area contributed by atoms with Gasteiger partial charge in [-0.3, -0.25) is 24.0 Å². The maximum Gasteiger partial charge on any atom is 0.248 e. The molecular weight excluding hydrogens is 592 g/mol. The van der Waals surface area contributed by atoms with E-state index in [0.717, 1.165) is 12.0 Å². The second-order valence-corrected chi connectivity index (χ2v) is 11.7. The molecule has 1 saturated carbocycles. The molecule has 5 heterocycles. The minimum absolute atomic E-state index is 0.0372. The number of carbonyl (C=O) groups is 3. The number of rotatable bonds is 7. The molecular formula is C28H27BrN8O4. The Labute approximate surface area is 243 Å². The van der Waals surface area contributed by atoms with Crippen molar-refractivity contribution in [2.75, 3.05) is 11.9 Å². The molecule has 6 rings (SSSR count). The fourth-order valence-electron chi connectivity index (χ4n) is 5.56. The summed E-state index contributed by atoms with van der Waals surface area (Å²) in [5, 5.41) is 17.3. The molecule has 13 heteroatoms. The molecule has 0 aromatic carbocycles. The lowest BCUT2D eigenvalue weighted by Crippen LogP contribution is -2.47. The molecule has 0 radical (unpaired) electrons. The molecule has 0 unspecified atom stereocenters. The molecule has 4 aromatic rings. The zero-order chi connectivity index (χ0) is 29.1. The van der Waals surface area contributed by atoms with Crippen LogP contribution in [0.25, 0.3) is 22.2 Å². The third-order valence-corrected chi connectivity index (χ3v) is 8.38. The molecule has 12 nitrogen and oxygen atoms in total. The number of piperidine rings is 1. The molecule has 1 aliphatic heterocycles. The summed E-state index contributed by atoms with van der Waals surface area (Å²) in [5.41, 5.74) is 2.35. The van der Waals surface area contributed by atoms with Gasteiger partial charge in [-0.05, 0) is 65.7 Å². The maximum absolute atomic E-state index is 13.8. The second-order valence-electron chi connectivity index (χ2n) is 10.9. The number of aromatic nitrogens is 6. The summed E-state index contributed by atoms with van der Waals surface area (Å²) < 4.78 is 2.01. The minimum Gasteiger partial charge on any atom is -0.388 e. The van der Waals surface area contributed by atoms with E-state index >= 15 is 0 Å². The van der Waals surface area contributed by atoms with Gasteiger partial charge in [-0.15, -0.1) is 0 Å².